The Morgan fingerprint density at radius 2 is 2.04 bits per heavy atom. The first-order valence-electron chi connectivity index (χ1n) is 8.26. The molecule has 7 nitrogen and oxygen atoms in total. The van der Waals surface area contributed by atoms with E-state index >= 15 is 0 Å². The van der Waals surface area contributed by atoms with E-state index in [-0.39, 0.29) is 5.91 Å². The maximum atomic E-state index is 12.5. The second kappa shape index (κ2) is 7.08. The Bertz CT molecular complexity index is 1100. The highest BCUT2D eigenvalue weighted by atomic mass is 32.1. The topological polar surface area (TPSA) is 94.5 Å². The molecule has 136 valence electrons. The minimum atomic E-state index is -0.213. The van der Waals surface area contributed by atoms with E-state index in [1.165, 1.54) is 15.9 Å². The maximum absolute atomic E-state index is 12.5. The average Bonchev–Trinajstić information content (AvgIpc) is 3.33. The number of nitrogens with two attached hydrogens (primary N) is 1. The quantitative estimate of drug-likeness (QED) is 0.556. The summed E-state index contributed by atoms with van der Waals surface area (Å²) in [6.45, 7) is 0.442. The van der Waals surface area contributed by atoms with Crippen LogP contribution in [0.3, 0.4) is 0 Å². The van der Waals surface area contributed by atoms with Crippen molar-refractivity contribution in [3.8, 4) is 15.8 Å². The molecule has 3 aromatic heterocycles. The first kappa shape index (κ1) is 17.0. The van der Waals surface area contributed by atoms with Gasteiger partial charge >= 0.3 is 0 Å². The largest absolute Gasteiger partial charge is 0.487 e. The van der Waals surface area contributed by atoms with Gasteiger partial charge in [0.1, 0.15) is 5.82 Å². The van der Waals surface area contributed by atoms with E-state index in [0.717, 1.165) is 15.5 Å². The molecule has 0 radical (unpaired) electrons. The van der Waals surface area contributed by atoms with Crippen molar-refractivity contribution in [3.63, 3.8) is 0 Å². The molecule has 0 aliphatic heterocycles. The van der Waals surface area contributed by atoms with Crippen LogP contribution < -0.4 is 15.8 Å². The SMILES string of the molecule is COc1ccc(-c2nc3cc(C(=O)NCc4ccccc4)cc(N)n3n2)s1. The first-order chi connectivity index (χ1) is 13.1. The number of carbonyl (C=O) groups excluding carboxylic acids is 1. The first-order valence-corrected chi connectivity index (χ1v) is 9.08. The predicted molar refractivity (Wildman–Crippen MR) is 105 cm³/mol. The molecule has 0 aliphatic rings. The maximum Gasteiger partial charge on any atom is 0.251 e. The van der Waals surface area contributed by atoms with Gasteiger partial charge in [-0.1, -0.05) is 41.7 Å². The number of hydrogen-bond donors (Lipinski definition) is 2. The second-order valence-corrected chi connectivity index (χ2v) is 6.91. The van der Waals surface area contributed by atoms with Crippen LogP contribution in [0.5, 0.6) is 5.06 Å². The normalized spacial score (nSPS) is 10.9. The Kier molecular flexibility index (Phi) is 4.47. The molecule has 4 rings (SSSR count). The number of amides is 1. The second-order valence-electron chi connectivity index (χ2n) is 5.87. The molecule has 0 atom stereocenters. The van der Waals surface area contributed by atoms with Gasteiger partial charge in [-0.25, -0.2) is 4.98 Å². The number of aromatic nitrogens is 3. The third-order valence-electron chi connectivity index (χ3n) is 4.03. The van der Waals surface area contributed by atoms with E-state index in [9.17, 15) is 4.79 Å². The summed E-state index contributed by atoms with van der Waals surface area (Å²) in [4.78, 5) is 17.9. The molecular weight excluding hydrogens is 362 g/mol. The Morgan fingerprint density at radius 3 is 2.78 bits per heavy atom. The number of nitrogens with zero attached hydrogens (tertiary/aromatic N) is 3. The van der Waals surface area contributed by atoms with Crippen molar-refractivity contribution in [3.05, 3.63) is 65.7 Å². The van der Waals surface area contributed by atoms with Crippen molar-refractivity contribution >= 4 is 28.7 Å². The van der Waals surface area contributed by atoms with Crippen LogP contribution in [0.1, 0.15) is 15.9 Å². The molecule has 0 spiro atoms. The van der Waals surface area contributed by atoms with E-state index < -0.39 is 0 Å². The zero-order valence-electron chi connectivity index (χ0n) is 14.5. The monoisotopic (exact) mass is 379 g/mol. The summed E-state index contributed by atoms with van der Waals surface area (Å²) < 4.78 is 6.73. The summed E-state index contributed by atoms with van der Waals surface area (Å²) >= 11 is 1.44. The van der Waals surface area contributed by atoms with E-state index in [2.05, 4.69) is 15.4 Å². The number of benzene rings is 1. The van der Waals surface area contributed by atoms with Crippen molar-refractivity contribution in [1.29, 1.82) is 0 Å². The molecule has 0 fully saturated rings. The highest BCUT2D eigenvalue weighted by Gasteiger charge is 2.14. The summed E-state index contributed by atoms with van der Waals surface area (Å²) in [6.07, 6.45) is 0. The molecule has 27 heavy (non-hydrogen) atoms. The van der Waals surface area contributed by atoms with Gasteiger partial charge in [-0.05, 0) is 29.8 Å². The van der Waals surface area contributed by atoms with Crippen molar-refractivity contribution in [2.24, 2.45) is 0 Å². The molecule has 0 bridgehead atoms. The Hall–Kier alpha value is -3.39. The van der Waals surface area contributed by atoms with E-state index in [1.54, 1.807) is 19.2 Å². The molecule has 0 saturated heterocycles. The molecule has 0 unspecified atom stereocenters. The Balaban J connectivity index is 1.59. The van der Waals surface area contributed by atoms with Crippen molar-refractivity contribution in [1.82, 2.24) is 19.9 Å². The fourth-order valence-corrected chi connectivity index (χ4v) is 3.42. The van der Waals surface area contributed by atoms with Crippen molar-refractivity contribution in [2.45, 2.75) is 6.54 Å². The van der Waals surface area contributed by atoms with Crippen LogP contribution in [0.2, 0.25) is 0 Å². The van der Waals surface area contributed by atoms with E-state index in [4.69, 9.17) is 10.5 Å². The molecule has 4 aromatic rings. The van der Waals surface area contributed by atoms with Crippen LogP contribution in [0.15, 0.2) is 54.6 Å². The smallest absolute Gasteiger partial charge is 0.251 e. The summed E-state index contributed by atoms with van der Waals surface area (Å²) in [5, 5.41) is 8.09. The van der Waals surface area contributed by atoms with Gasteiger partial charge in [0.15, 0.2) is 16.5 Å². The molecule has 1 aromatic carbocycles. The van der Waals surface area contributed by atoms with Crippen LogP contribution in [-0.4, -0.2) is 27.6 Å². The lowest BCUT2D eigenvalue weighted by atomic mass is 10.2. The Labute approximate surface area is 159 Å². The van der Waals surface area contributed by atoms with Crippen LogP contribution in [-0.2, 0) is 6.54 Å². The number of carbonyl (C=O) groups is 1. The number of ether oxygens (including phenoxy) is 1. The highest BCUT2D eigenvalue weighted by Crippen LogP contribution is 2.31. The number of rotatable bonds is 5. The fourth-order valence-electron chi connectivity index (χ4n) is 2.67. The van der Waals surface area contributed by atoms with Crippen molar-refractivity contribution < 1.29 is 9.53 Å². The predicted octanol–water partition coefficient (Wildman–Crippen LogP) is 2.98. The van der Waals surface area contributed by atoms with Crippen LogP contribution in [0.25, 0.3) is 16.3 Å². The van der Waals surface area contributed by atoms with Gasteiger partial charge in [-0.15, -0.1) is 5.10 Å². The highest BCUT2D eigenvalue weighted by molar-refractivity contribution is 7.17. The number of hydrogen-bond acceptors (Lipinski definition) is 6. The number of methoxy groups -OCH3 is 1. The van der Waals surface area contributed by atoms with Gasteiger partial charge in [0.2, 0.25) is 0 Å². The fraction of sp³-hybridized carbons (Fsp3) is 0.105. The van der Waals surface area contributed by atoms with Crippen molar-refractivity contribution in [2.75, 3.05) is 12.8 Å². The molecule has 8 heteroatoms. The number of nitrogen functional groups attached to an aromatic ring is 1. The van der Waals surface area contributed by atoms with Gasteiger partial charge in [-0.2, -0.15) is 4.52 Å². The Morgan fingerprint density at radius 1 is 1.22 bits per heavy atom. The van der Waals surface area contributed by atoms with Crippen LogP contribution >= 0.6 is 11.3 Å². The van der Waals surface area contributed by atoms with E-state index in [1.807, 2.05) is 42.5 Å². The molecule has 3 heterocycles. The number of pyridine rings is 1. The van der Waals surface area contributed by atoms with Gasteiger partial charge in [0.25, 0.3) is 5.91 Å². The standard InChI is InChI=1S/C19H17N5O2S/c1-26-17-8-7-14(27-17)18-22-16-10-13(9-15(20)24(16)23-18)19(25)21-11-12-5-3-2-4-6-12/h2-10H,11,20H2,1H3,(H,21,25). The number of fused-ring (bicyclic) bond motifs is 1. The summed E-state index contributed by atoms with van der Waals surface area (Å²) in [7, 11) is 1.62. The van der Waals surface area contributed by atoms with Crippen LogP contribution in [0, 0.1) is 0 Å². The third-order valence-corrected chi connectivity index (χ3v) is 5.07. The lowest BCUT2D eigenvalue weighted by Gasteiger charge is -2.06. The van der Waals surface area contributed by atoms with Gasteiger partial charge < -0.3 is 15.8 Å². The zero-order valence-corrected chi connectivity index (χ0v) is 15.4. The number of anilines is 1. The molecule has 3 N–H and O–H groups in total. The third kappa shape index (κ3) is 3.47. The van der Waals surface area contributed by atoms with Gasteiger partial charge in [0, 0.05) is 12.1 Å². The lowest BCUT2D eigenvalue weighted by Crippen LogP contribution is -2.23. The minimum Gasteiger partial charge on any atom is -0.487 e. The molecular formula is C19H17N5O2S. The van der Waals surface area contributed by atoms with Crippen LogP contribution in [0.4, 0.5) is 5.82 Å². The minimum absolute atomic E-state index is 0.213. The average molecular weight is 379 g/mol. The zero-order chi connectivity index (χ0) is 18.8. The molecule has 0 aliphatic carbocycles. The van der Waals surface area contributed by atoms with Gasteiger partial charge in [0.05, 0.1) is 12.0 Å². The molecule has 1 amide bonds. The number of thiophene rings is 1. The van der Waals surface area contributed by atoms with E-state index in [0.29, 0.717) is 29.4 Å². The summed E-state index contributed by atoms with van der Waals surface area (Å²) in [5.41, 5.74) is 8.07. The summed E-state index contributed by atoms with van der Waals surface area (Å²) in [6, 6.07) is 16.7. The molecule has 0 saturated carbocycles. The lowest BCUT2D eigenvalue weighted by molar-refractivity contribution is 0.0951. The number of nitrogens with one attached hydrogen (secondary N) is 1. The summed E-state index contributed by atoms with van der Waals surface area (Å²) in [5.74, 6) is 0.673. The van der Waals surface area contributed by atoms with Gasteiger partial charge in [-0.3, -0.25) is 4.79 Å².